The van der Waals surface area contributed by atoms with Gasteiger partial charge in [-0.3, -0.25) is 10.3 Å². The second kappa shape index (κ2) is 6.68. The van der Waals surface area contributed by atoms with E-state index in [0.717, 1.165) is 30.6 Å². The first-order valence-corrected chi connectivity index (χ1v) is 6.99. The van der Waals surface area contributed by atoms with Crippen molar-refractivity contribution in [2.45, 2.75) is 38.3 Å². The van der Waals surface area contributed by atoms with Gasteiger partial charge in [-0.1, -0.05) is 31.0 Å². The van der Waals surface area contributed by atoms with Crippen molar-refractivity contribution >= 4 is 5.84 Å². The van der Waals surface area contributed by atoms with Crippen LogP contribution in [0, 0.1) is 5.41 Å². The van der Waals surface area contributed by atoms with Crippen molar-refractivity contribution in [1.29, 1.82) is 5.41 Å². The van der Waals surface area contributed by atoms with E-state index in [2.05, 4.69) is 11.0 Å². The molecule has 1 aliphatic rings. The molecule has 0 radical (unpaired) electrons. The molecular formula is C15H23N3O. The lowest BCUT2D eigenvalue weighted by Crippen LogP contribution is -2.36. The third-order valence-corrected chi connectivity index (χ3v) is 3.83. The number of nitrogens with two attached hydrogens (primary N) is 1. The quantitative estimate of drug-likeness (QED) is 0.570. The molecule has 0 saturated carbocycles. The smallest absolute Gasteiger partial charge is 0.122 e. The van der Waals surface area contributed by atoms with Gasteiger partial charge in [-0.25, -0.2) is 0 Å². The monoisotopic (exact) mass is 261 g/mol. The standard InChI is InChI=1S/C15H23N3O/c16-15(17)13-6-4-5-12(9-13)10-18-8-3-1-2-7-14(18)11-19/h4-6,9,14,19H,1-3,7-8,10-11H2,(H3,16,17). The fraction of sp³-hybridized carbons (Fsp3) is 0.533. The minimum absolute atomic E-state index is 0.108. The molecule has 1 heterocycles. The average Bonchev–Trinajstić information content (AvgIpc) is 2.64. The van der Waals surface area contributed by atoms with Gasteiger partial charge in [-0.2, -0.15) is 0 Å². The van der Waals surface area contributed by atoms with Crippen LogP contribution in [0.4, 0.5) is 0 Å². The van der Waals surface area contributed by atoms with E-state index in [0.29, 0.717) is 0 Å². The number of aliphatic hydroxyl groups is 1. The van der Waals surface area contributed by atoms with E-state index in [1.54, 1.807) is 0 Å². The summed E-state index contributed by atoms with van der Waals surface area (Å²) in [6.45, 7) is 2.09. The van der Waals surface area contributed by atoms with Gasteiger partial charge in [-0.15, -0.1) is 0 Å². The normalized spacial score (nSPS) is 21.0. The lowest BCUT2D eigenvalue weighted by atomic mass is 10.1. The van der Waals surface area contributed by atoms with E-state index in [9.17, 15) is 5.11 Å². The maximum absolute atomic E-state index is 9.51. The Morgan fingerprint density at radius 1 is 1.37 bits per heavy atom. The van der Waals surface area contributed by atoms with E-state index >= 15 is 0 Å². The molecule has 104 valence electrons. The Bertz CT molecular complexity index is 433. The first kappa shape index (κ1) is 14.0. The van der Waals surface area contributed by atoms with Crippen molar-refractivity contribution in [3.8, 4) is 0 Å². The van der Waals surface area contributed by atoms with Crippen LogP contribution in [0.3, 0.4) is 0 Å². The van der Waals surface area contributed by atoms with Crippen LogP contribution in [-0.2, 0) is 6.54 Å². The highest BCUT2D eigenvalue weighted by Crippen LogP contribution is 2.19. The Hall–Kier alpha value is -1.39. The van der Waals surface area contributed by atoms with Crippen molar-refractivity contribution in [3.63, 3.8) is 0 Å². The molecule has 1 unspecified atom stereocenters. The second-order valence-corrected chi connectivity index (χ2v) is 5.27. The minimum Gasteiger partial charge on any atom is -0.395 e. The van der Waals surface area contributed by atoms with Crippen LogP contribution in [0.15, 0.2) is 24.3 Å². The van der Waals surface area contributed by atoms with Gasteiger partial charge in [0.1, 0.15) is 5.84 Å². The first-order valence-electron chi connectivity index (χ1n) is 6.99. The van der Waals surface area contributed by atoms with Crippen molar-refractivity contribution in [1.82, 2.24) is 4.90 Å². The topological polar surface area (TPSA) is 73.3 Å². The van der Waals surface area contributed by atoms with E-state index in [-0.39, 0.29) is 18.5 Å². The maximum atomic E-state index is 9.51. The Balaban J connectivity index is 2.09. The number of nitrogens with zero attached hydrogens (tertiary/aromatic N) is 1. The fourth-order valence-corrected chi connectivity index (χ4v) is 2.72. The van der Waals surface area contributed by atoms with Crippen LogP contribution in [0.25, 0.3) is 0 Å². The highest BCUT2D eigenvalue weighted by atomic mass is 16.3. The molecule has 19 heavy (non-hydrogen) atoms. The summed E-state index contributed by atoms with van der Waals surface area (Å²) in [7, 11) is 0. The zero-order valence-electron chi connectivity index (χ0n) is 11.3. The zero-order valence-corrected chi connectivity index (χ0v) is 11.3. The summed E-state index contributed by atoms with van der Waals surface area (Å²) in [6, 6.07) is 8.10. The number of rotatable bonds is 4. The van der Waals surface area contributed by atoms with Gasteiger partial charge in [0.15, 0.2) is 0 Å². The molecule has 1 aliphatic heterocycles. The molecule has 4 nitrogen and oxygen atoms in total. The Kier molecular flexibility index (Phi) is 4.93. The predicted octanol–water partition coefficient (Wildman–Crippen LogP) is 1.71. The highest BCUT2D eigenvalue weighted by molar-refractivity contribution is 5.95. The van der Waals surface area contributed by atoms with Gasteiger partial charge in [0.05, 0.1) is 6.61 Å². The fourth-order valence-electron chi connectivity index (χ4n) is 2.72. The number of hydrogen-bond donors (Lipinski definition) is 3. The third kappa shape index (κ3) is 3.78. The van der Waals surface area contributed by atoms with Crippen LogP contribution in [0.5, 0.6) is 0 Å². The number of nitrogens with one attached hydrogen (secondary N) is 1. The molecule has 1 aromatic rings. The predicted molar refractivity (Wildman–Crippen MR) is 77.2 cm³/mol. The van der Waals surface area contributed by atoms with Gasteiger partial charge < -0.3 is 10.8 Å². The van der Waals surface area contributed by atoms with Crippen LogP contribution in [0.1, 0.15) is 36.8 Å². The summed E-state index contributed by atoms with van der Waals surface area (Å²) in [5, 5.41) is 17.0. The summed E-state index contributed by atoms with van der Waals surface area (Å²) in [5.41, 5.74) is 7.46. The lowest BCUT2D eigenvalue weighted by molar-refractivity contribution is 0.118. The van der Waals surface area contributed by atoms with Crippen molar-refractivity contribution in [2.75, 3.05) is 13.2 Å². The summed E-state index contributed by atoms with van der Waals surface area (Å²) in [6.07, 6.45) is 4.72. The van der Waals surface area contributed by atoms with E-state index in [4.69, 9.17) is 11.1 Å². The van der Waals surface area contributed by atoms with Gasteiger partial charge in [0.25, 0.3) is 0 Å². The molecule has 0 amide bonds. The minimum atomic E-state index is 0.108. The van der Waals surface area contributed by atoms with E-state index in [1.807, 2.05) is 18.2 Å². The van der Waals surface area contributed by atoms with Gasteiger partial charge in [0, 0.05) is 18.2 Å². The number of aliphatic hydroxyl groups excluding tert-OH is 1. The van der Waals surface area contributed by atoms with Gasteiger partial charge >= 0.3 is 0 Å². The molecule has 0 bridgehead atoms. The van der Waals surface area contributed by atoms with Crippen LogP contribution < -0.4 is 5.73 Å². The molecule has 0 aromatic heterocycles. The summed E-state index contributed by atoms with van der Waals surface area (Å²) in [4.78, 5) is 2.35. The molecule has 0 aliphatic carbocycles. The summed E-state index contributed by atoms with van der Waals surface area (Å²) in [5.74, 6) is 0.108. The molecular weight excluding hydrogens is 238 g/mol. The molecule has 1 fully saturated rings. The van der Waals surface area contributed by atoms with Crippen LogP contribution >= 0.6 is 0 Å². The maximum Gasteiger partial charge on any atom is 0.122 e. The van der Waals surface area contributed by atoms with Gasteiger partial charge in [0.2, 0.25) is 0 Å². The van der Waals surface area contributed by atoms with Gasteiger partial charge in [-0.05, 0) is 31.0 Å². The van der Waals surface area contributed by atoms with Crippen molar-refractivity contribution in [2.24, 2.45) is 5.73 Å². The Morgan fingerprint density at radius 2 is 2.21 bits per heavy atom. The number of amidine groups is 1. The Labute approximate surface area is 114 Å². The summed E-state index contributed by atoms with van der Waals surface area (Å²) < 4.78 is 0. The number of hydrogen-bond acceptors (Lipinski definition) is 3. The zero-order chi connectivity index (χ0) is 13.7. The van der Waals surface area contributed by atoms with Crippen molar-refractivity contribution < 1.29 is 5.11 Å². The van der Waals surface area contributed by atoms with E-state index < -0.39 is 0 Å². The Morgan fingerprint density at radius 3 is 2.95 bits per heavy atom. The molecule has 1 aromatic carbocycles. The number of benzene rings is 1. The first-order chi connectivity index (χ1) is 9.20. The molecule has 1 atom stereocenters. The third-order valence-electron chi connectivity index (χ3n) is 3.83. The molecule has 2 rings (SSSR count). The van der Waals surface area contributed by atoms with Crippen LogP contribution in [-0.4, -0.2) is 35.0 Å². The largest absolute Gasteiger partial charge is 0.395 e. The molecule has 4 heteroatoms. The van der Waals surface area contributed by atoms with E-state index in [1.165, 1.54) is 19.3 Å². The summed E-state index contributed by atoms with van der Waals surface area (Å²) >= 11 is 0. The lowest BCUT2D eigenvalue weighted by Gasteiger charge is -2.28. The SMILES string of the molecule is N=C(N)c1cccc(CN2CCCCCC2CO)c1. The second-order valence-electron chi connectivity index (χ2n) is 5.27. The highest BCUT2D eigenvalue weighted by Gasteiger charge is 2.20. The number of likely N-dealkylation sites (tertiary alicyclic amines) is 1. The van der Waals surface area contributed by atoms with Crippen LogP contribution in [0.2, 0.25) is 0 Å². The average molecular weight is 261 g/mol. The number of nitrogen functional groups attached to an aromatic ring is 1. The van der Waals surface area contributed by atoms with Crippen molar-refractivity contribution in [3.05, 3.63) is 35.4 Å². The molecule has 1 saturated heterocycles. The molecule has 0 spiro atoms. The molecule has 4 N–H and O–H groups in total.